The molecule has 5 nitrogen and oxygen atoms in total. The van der Waals surface area contributed by atoms with Crippen LogP contribution in [0.5, 0.6) is 0 Å². The van der Waals surface area contributed by atoms with Crippen LogP contribution in [0.1, 0.15) is 73.6 Å². The maximum Gasteiger partial charge on any atom is 0.316 e. The van der Waals surface area contributed by atoms with Crippen LogP contribution < -0.4 is 0 Å². The summed E-state index contributed by atoms with van der Waals surface area (Å²) in [6, 6.07) is 0. The van der Waals surface area contributed by atoms with E-state index in [1.165, 1.54) is 0 Å². The van der Waals surface area contributed by atoms with Crippen LogP contribution >= 0.6 is 11.8 Å². The van der Waals surface area contributed by atoms with Crippen molar-refractivity contribution < 1.29 is 19.4 Å². The lowest BCUT2D eigenvalue weighted by molar-refractivity contribution is -0.205. The van der Waals surface area contributed by atoms with Gasteiger partial charge in [-0.25, -0.2) is 0 Å². The zero-order valence-corrected chi connectivity index (χ0v) is 23.1. The highest BCUT2D eigenvalue weighted by molar-refractivity contribution is 7.99. The summed E-state index contributed by atoms with van der Waals surface area (Å²) in [5, 5.41) is 11.6. The Bertz CT molecular complexity index is 770. The van der Waals surface area contributed by atoms with Crippen LogP contribution in [0, 0.1) is 34.0 Å². The number of hydrogen-bond donors (Lipinski definition) is 1. The molecule has 0 aliphatic heterocycles. The van der Waals surface area contributed by atoms with Crippen molar-refractivity contribution in [3.8, 4) is 0 Å². The van der Waals surface area contributed by atoms with Crippen molar-refractivity contribution in [1.82, 2.24) is 4.90 Å². The van der Waals surface area contributed by atoms with Crippen molar-refractivity contribution in [2.24, 2.45) is 34.0 Å². The molecule has 0 radical (unpaired) electrons. The summed E-state index contributed by atoms with van der Waals surface area (Å²) in [5.41, 5.74) is -1.25. The van der Waals surface area contributed by atoms with Crippen LogP contribution in [0.4, 0.5) is 0 Å². The van der Waals surface area contributed by atoms with E-state index in [2.05, 4.69) is 46.1 Å². The summed E-state index contributed by atoms with van der Waals surface area (Å²) < 4.78 is 6.30. The third kappa shape index (κ3) is 4.64. The molecule has 0 aromatic carbocycles. The van der Waals surface area contributed by atoms with Crippen LogP contribution in [0.15, 0.2) is 12.7 Å². The smallest absolute Gasteiger partial charge is 0.316 e. The first-order chi connectivity index (χ1) is 16.0. The summed E-state index contributed by atoms with van der Waals surface area (Å²) in [6.45, 7) is 20.0. The zero-order chi connectivity index (χ0) is 25.3. The number of carbonyl (C=O) groups excluding carboxylic acids is 2. The van der Waals surface area contributed by atoms with Crippen molar-refractivity contribution in [1.29, 1.82) is 0 Å². The molecule has 3 aliphatic rings. The van der Waals surface area contributed by atoms with Gasteiger partial charge < -0.3 is 14.7 Å². The van der Waals surface area contributed by atoms with E-state index in [-0.39, 0.29) is 29.1 Å². The van der Waals surface area contributed by atoms with Gasteiger partial charge in [0.2, 0.25) is 0 Å². The Morgan fingerprint density at radius 1 is 1.26 bits per heavy atom. The fourth-order valence-electron chi connectivity index (χ4n) is 7.58. The number of aliphatic hydroxyl groups is 1. The van der Waals surface area contributed by atoms with Crippen LogP contribution in [0.3, 0.4) is 0 Å². The fourth-order valence-corrected chi connectivity index (χ4v) is 8.35. The highest BCUT2D eigenvalue weighted by Crippen LogP contribution is 2.67. The first-order valence-electron chi connectivity index (χ1n) is 13.3. The number of nitrogens with zero attached hydrogens (tertiary/aromatic N) is 1. The number of hydrogen-bond acceptors (Lipinski definition) is 6. The van der Waals surface area contributed by atoms with E-state index in [0.717, 1.165) is 44.6 Å². The van der Waals surface area contributed by atoms with Gasteiger partial charge in [-0.2, -0.15) is 0 Å². The number of Topliss-reactive ketones (excluding diaryl/α,β-unsaturated/α-hetero) is 1. The van der Waals surface area contributed by atoms with Crippen LogP contribution in [0.2, 0.25) is 0 Å². The molecule has 194 valence electrons. The Labute approximate surface area is 211 Å². The second-order valence-corrected chi connectivity index (χ2v) is 12.7. The van der Waals surface area contributed by atoms with Crippen molar-refractivity contribution in [2.75, 3.05) is 31.1 Å². The second kappa shape index (κ2) is 10.6. The van der Waals surface area contributed by atoms with Gasteiger partial charge in [-0.3, -0.25) is 9.59 Å². The lowest BCUT2D eigenvalue weighted by Crippen LogP contribution is -2.63. The molecule has 0 heterocycles. The summed E-state index contributed by atoms with van der Waals surface area (Å²) in [5.74, 6) is 1.37. The highest BCUT2D eigenvalue weighted by Gasteiger charge is 2.68. The van der Waals surface area contributed by atoms with E-state index in [0.29, 0.717) is 24.4 Å². The molecule has 0 amide bonds. The Balaban J connectivity index is 1.88. The van der Waals surface area contributed by atoms with Gasteiger partial charge in [0.05, 0.1) is 11.9 Å². The van der Waals surface area contributed by atoms with Gasteiger partial charge >= 0.3 is 5.97 Å². The Kier molecular flexibility index (Phi) is 8.68. The molecule has 3 aliphatic carbocycles. The molecule has 0 spiro atoms. The number of thioether (sulfide) groups is 1. The largest absolute Gasteiger partial charge is 0.461 e. The van der Waals surface area contributed by atoms with Gasteiger partial charge in [0.25, 0.3) is 0 Å². The lowest BCUT2D eigenvalue weighted by atomic mass is 9.44. The number of ether oxygens (including phenoxy) is 1. The molecule has 3 fully saturated rings. The summed E-state index contributed by atoms with van der Waals surface area (Å²) in [7, 11) is 0. The number of carbonyl (C=O) groups is 2. The standard InChI is InChI=1S/C28H47NO4S/c1-8-26(6)17-22(33-23(31)18-34-16-15-29(9-2)10-3)27(7)19(4)11-13-28(20(5)25(26)32)14-12-21(30)24(27)28/h8,19-20,22,24-25,32H,1,9-18H2,2-7H3/t19?,20?,22?,24?,25?,26-,27+,28+/m1/s1. The van der Waals surface area contributed by atoms with Gasteiger partial charge in [0.1, 0.15) is 11.9 Å². The Morgan fingerprint density at radius 2 is 1.94 bits per heavy atom. The van der Waals surface area contributed by atoms with Gasteiger partial charge in [-0.15, -0.1) is 18.3 Å². The van der Waals surface area contributed by atoms with Crippen molar-refractivity contribution in [2.45, 2.75) is 85.9 Å². The Morgan fingerprint density at radius 3 is 2.56 bits per heavy atom. The summed E-state index contributed by atoms with van der Waals surface area (Å²) in [6.07, 6.45) is 4.64. The molecule has 0 saturated heterocycles. The number of rotatable bonds is 9. The number of esters is 1. The van der Waals surface area contributed by atoms with E-state index in [1.54, 1.807) is 11.8 Å². The van der Waals surface area contributed by atoms with Gasteiger partial charge in [-0.1, -0.05) is 47.6 Å². The molecule has 0 aromatic heterocycles. The predicted molar refractivity (Wildman–Crippen MR) is 140 cm³/mol. The minimum Gasteiger partial charge on any atom is -0.461 e. The van der Waals surface area contributed by atoms with Crippen LogP contribution in [0.25, 0.3) is 0 Å². The average Bonchev–Trinajstić information content (AvgIpc) is 3.17. The van der Waals surface area contributed by atoms with Crippen molar-refractivity contribution in [3.63, 3.8) is 0 Å². The molecule has 5 unspecified atom stereocenters. The SMILES string of the molecule is C=C[C@]1(C)CC(OC(=O)CSCCN(CC)CC)[C@]2(C)C(C)CC[C@]3(CCC(=O)C32)C(C)C1O. The molecule has 2 bridgehead atoms. The van der Waals surface area contributed by atoms with Gasteiger partial charge in [0.15, 0.2) is 0 Å². The molecule has 1 N–H and O–H groups in total. The topological polar surface area (TPSA) is 66.8 Å². The number of aliphatic hydroxyl groups excluding tert-OH is 1. The first-order valence-corrected chi connectivity index (χ1v) is 14.5. The minimum atomic E-state index is -0.624. The molecule has 3 rings (SSSR count). The summed E-state index contributed by atoms with van der Waals surface area (Å²) in [4.78, 5) is 28.9. The van der Waals surface area contributed by atoms with Gasteiger partial charge in [-0.05, 0) is 56.0 Å². The average molecular weight is 494 g/mol. The van der Waals surface area contributed by atoms with Crippen molar-refractivity contribution >= 4 is 23.5 Å². The Hall–Kier alpha value is -0.850. The number of ketones is 1. The van der Waals surface area contributed by atoms with E-state index < -0.39 is 23.0 Å². The van der Waals surface area contributed by atoms with E-state index in [1.807, 2.05) is 13.0 Å². The van der Waals surface area contributed by atoms with E-state index in [4.69, 9.17) is 4.74 Å². The zero-order valence-electron chi connectivity index (χ0n) is 22.3. The maximum atomic E-state index is 13.4. The van der Waals surface area contributed by atoms with Crippen LogP contribution in [-0.4, -0.2) is 65.1 Å². The third-order valence-electron chi connectivity index (χ3n) is 10.2. The third-order valence-corrected chi connectivity index (χ3v) is 11.2. The normalized spacial score (nSPS) is 42.1. The monoisotopic (exact) mass is 493 g/mol. The molecule has 0 aromatic rings. The predicted octanol–water partition coefficient (Wildman–Crippen LogP) is 4.97. The van der Waals surface area contributed by atoms with E-state index >= 15 is 0 Å². The van der Waals surface area contributed by atoms with E-state index in [9.17, 15) is 14.7 Å². The lowest BCUT2D eigenvalue weighted by Gasteiger charge is -2.61. The molecular weight excluding hydrogens is 446 g/mol. The maximum absolute atomic E-state index is 13.4. The van der Waals surface area contributed by atoms with Crippen LogP contribution in [-0.2, 0) is 14.3 Å². The molecular formula is C28H47NO4S. The first kappa shape index (κ1) is 27.7. The quantitative estimate of drug-likeness (QED) is 0.278. The van der Waals surface area contributed by atoms with Gasteiger partial charge in [0, 0.05) is 35.5 Å². The molecule has 6 heteroatoms. The minimum absolute atomic E-state index is 0.00828. The van der Waals surface area contributed by atoms with Crippen molar-refractivity contribution in [3.05, 3.63) is 12.7 Å². The molecule has 8 atom stereocenters. The summed E-state index contributed by atoms with van der Waals surface area (Å²) >= 11 is 1.61. The fraction of sp³-hybridized carbons (Fsp3) is 0.857. The second-order valence-electron chi connectivity index (χ2n) is 11.6. The molecule has 34 heavy (non-hydrogen) atoms. The molecule has 3 saturated carbocycles. The highest BCUT2D eigenvalue weighted by atomic mass is 32.2.